The Hall–Kier alpha value is -2.48. The molecule has 23 heavy (non-hydrogen) atoms. The van der Waals surface area contributed by atoms with Crippen LogP contribution in [-0.4, -0.2) is 37.4 Å². The average molecular weight is 335 g/mol. The first kappa shape index (κ1) is 15.4. The van der Waals surface area contributed by atoms with Crippen LogP contribution in [0.5, 0.6) is 0 Å². The zero-order chi connectivity index (χ0) is 16.6. The lowest BCUT2D eigenvalue weighted by atomic mass is 10.1. The van der Waals surface area contributed by atoms with Crippen molar-refractivity contribution >= 4 is 27.5 Å². The van der Waals surface area contributed by atoms with Crippen molar-refractivity contribution in [1.29, 1.82) is 0 Å². The Morgan fingerprint density at radius 3 is 2.91 bits per heavy atom. The summed E-state index contributed by atoms with van der Waals surface area (Å²) in [6.07, 6.45) is 4.50. The number of carbonyl (C=O) groups excluding carboxylic acids is 1. The minimum Gasteiger partial charge on any atom is -0.330 e. The van der Waals surface area contributed by atoms with Crippen LogP contribution in [0.2, 0.25) is 0 Å². The molecule has 8 heteroatoms. The van der Waals surface area contributed by atoms with Crippen molar-refractivity contribution in [1.82, 2.24) is 4.90 Å². The van der Waals surface area contributed by atoms with Gasteiger partial charge in [0.1, 0.15) is 11.7 Å². The van der Waals surface area contributed by atoms with E-state index in [1.807, 2.05) is 0 Å². The molecule has 1 N–H and O–H groups in total. The van der Waals surface area contributed by atoms with Gasteiger partial charge in [-0.15, -0.1) is 4.40 Å². The molecule has 2 heterocycles. The molecule has 2 aliphatic rings. The highest BCUT2D eigenvalue weighted by Crippen LogP contribution is 2.20. The number of anilines is 1. The fraction of sp³-hybridized carbons (Fsp3) is 0.200. The summed E-state index contributed by atoms with van der Waals surface area (Å²) in [5, 5.41) is 2.65. The van der Waals surface area contributed by atoms with Crippen LogP contribution in [0.15, 0.2) is 46.5 Å². The largest absolute Gasteiger partial charge is 0.330 e. The van der Waals surface area contributed by atoms with Gasteiger partial charge in [-0.3, -0.25) is 4.79 Å². The lowest BCUT2D eigenvalue weighted by Crippen LogP contribution is -2.37. The van der Waals surface area contributed by atoms with Gasteiger partial charge in [-0.1, -0.05) is 6.07 Å². The van der Waals surface area contributed by atoms with E-state index in [1.165, 1.54) is 30.5 Å². The number of nitrogens with one attached hydrogen (secondary N) is 1. The number of hydrogen-bond acceptors (Lipinski definition) is 4. The molecule has 0 atom stereocenters. The molecule has 6 nitrogen and oxygen atoms in total. The molecule has 0 aromatic heterocycles. The maximum absolute atomic E-state index is 13.3. The molecule has 1 aromatic rings. The Morgan fingerprint density at radius 2 is 2.13 bits per heavy atom. The number of sulfonamides is 1. The summed E-state index contributed by atoms with van der Waals surface area (Å²) in [5.74, 6) is -0.648. The lowest BCUT2D eigenvalue weighted by Gasteiger charge is -2.27. The number of halogens is 1. The van der Waals surface area contributed by atoms with Gasteiger partial charge in [0.15, 0.2) is 0 Å². The summed E-state index contributed by atoms with van der Waals surface area (Å²) in [6, 6.07) is 4.15. The van der Waals surface area contributed by atoms with E-state index in [4.69, 9.17) is 0 Å². The van der Waals surface area contributed by atoms with Crippen LogP contribution >= 0.6 is 0 Å². The second-order valence-corrected chi connectivity index (χ2v) is 7.01. The highest BCUT2D eigenvalue weighted by atomic mass is 32.2. The maximum Gasteiger partial charge on any atom is 0.257 e. The molecule has 0 radical (unpaired) electrons. The molecule has 0 bridgehead atoms. The lowest BCUT2D eigenvalue weighted by molar-refractivity contribution is -0.112. The van der Waals surface area contributed by atoms with Gasteiger partial charge in [-0.05, 0) is 36.8 Å². The third-order valence-electron chi connectivity index (χ3n) is 3.53. The molecule has 2 aliphatic heterocycles. The van der Waals surface area contributed by atoms with E-state index in [0.29, 0.717) is 11.3 Å². The van der Waals surface area contributed by atoms with Crippen molar-refractivity contribution in [3.63, 3.8) is 0 Å². The monoisotopic (exact) mass is 335 g/mol. The second kappa shape index (κ2) is 5.62. The van der Waals surface area contributed by atoms with Crippen LogP contribution in [0.3, 0.4) is 0 Å². The van der Waals surface area contributed by atoms with Crippen LogP contribution in [0, 0.1) is 12.7 Å². The van der Waals surface area contributed by atoms with Gasteiger partial charge < -0.3 is 10.2 Å². The van der Waals surface area contributed by atoms with E-state index in [-0.39, 0.29) is 18.1 Å². The standard InChI is InChI=1S/C15H14FN3O3S/c1-10-2-4-12(16)8-13(10)17-15(20)11-3-5-14-18-23(21,22)7-6-19(14)9-11/h2-5,8-9H,6-7H2,1H3,(H,17,20). The number of amides is 1. The van der Waals surface area contributed by atoms with Gasteiger partial charge in [0, 0.05) is 18.4 Å². The van der Waals surface area contributed by atoms with Crippen molar-refractivity contribution in [2.45, 2.75) is 6.92 Å². The summed E-state index contributed by atoms with van der Waals surface area (Å²) in [4.78, 5) is 13.9. The molecule has 0 saturated heterocycles. The highest BCUT2D eigenvalue weighted by molar-refractivity contribution is 7.90. The average Bonchev–Trinajstić information content (AvgIpc) is 2.49. The van der Waals surface area contributed by atoms with E-state index in [2.05, 4.69) is 9.71 Å². The maximum atomic E-state index is 13.3. The van der Waals surface area contributed by atoms with Crippen molar-refractivity contribution in [2.24, 2.45) is 4.40 Å². The van der Waals surface area contributed by atoms with Gasteiger partial charge in [-0.2, -0.15) is 0 Å². The molecule has 1 aromatic carbocycles. The Balaban J connectivity index is 1.81. The van der Waals surface area contributed by atoms with E-state index in [0.717, 1.165) is 5.56 Å². The molecule has 0 unspecified atom stereocenters. The SMILES string of the molecule is Cc1ccc(F)cc1NC(=O)C1=CN2CCS(=O)(=O)N=C2C=C1. The van der Waals surface area contributed by atoms with Gasteiger partial charge in [-0.25, -0.2) is 12.8 Å². The number of benzene rings is 1. The van der Waals surface area contributed by atoms with Gasteiger partial charge >= 0.3 is 0 Å². The van der Waals surface area contributed by atoms with Crippen molar-refractivity contribution < 1.29 is 17.6 Å². The first-order chi connectivity index (χ1) is 10.8. The summed E-state index contributed by atoms with van der Waals surface area (Å²) >= 11 is 0. The zero-order valence-electron chi connectivity index (χ0n) is 12.3. The smallest absolute Gasteiger partial charge is 0.257 e. The molecule has 1 amide bonds. The van der Waals surface area contributed by atoms with E-state index in [1.54, 1.807) is 17.9 Å². The molecule has 0 saturated carbocycles. The zero-order valence-corrected chi connectivity index (χ0v) is 13.1. The number of amidine groups is 1. The number of fused-ring (bicyclic) bond motifs is 1. The molecular formula is C15H14FN3O3S. The van der Waals surface area contributed by atoms with Crippen molar-refractivity contribution in [2.75, 3.05) is 17.6 Å². The molecule has 3 rings (SSSR count). The summed E-state index contributed by atoms with van der Waals surface area (Å²) in [6.45, 7) is 2.00. The van der Waals surface area contributed by atoms with E-state index < -0.39 is 21.7 Å². The molecule has 0 fully saturated rings. The van der Waals surface area contributed by atoms with Gasteiger partial charge in [0.2, 0.25) is 0 Å². The summed E-state index contributed by atoms with van der Waals surface area (Å²) in [7, 11) is -3.43. The predicted octanol–water partition coefficient (Wildman–Crippen LogP) is 1.57. The van der Waals surface area contributed by atoms with Crippen molar-refractivity contribution in [3.05, 3.63) is 53.5 Å². The number of nitrogens with zero attached hydrogens (tertiary/aromatic N) is 2. The third-order valence-corrected chi connectivity index (χ3v) is 4.70. The molecule has 0 spiro atoms. The minimum atomic E-state index is -3.43. The fourth-order valence-electron chi connectivity index (χ4n) is 2.26. The topological polar surface area (TPSA) is 78.8 Å². The molecule has 120 valence electrons. The predicted molar refractivity (Wildman–Crippen MR) is 84.9 cm³/mol. The highest BCUT2D eigenvalue weighted by Gasteiger charge is 2.25. The van der Waals surface area contributed by atoms with Gasteiger partial charge in [0.05, 0.1) is 11.3 Å². The van der Waals surface area contributed by atoms with Crippen LogP contribution < -0.4 is 5.32 Å². The number of hydrogen-bond donors (Lipinski definition) is 1. The minimum absolute atomic E-state index is 0.0985. The van der Waals surface area contributed by atoms with Gasteiger partial charge in [0.25, 0.3) is 15.9 Å². The number of carbonyl (C=O) groups is 1. The van der Waals surface area contributed by atoms with Crippen LogP contribution in [0.1, 0.15) is 5.56 Å². The van der Waals surface area contributed by atoms with Crippen LogP contribution in [0.25, 0.3) is 0 Å². The van der Waals surface area contributed by atoms with E-state index >= 15 is 0 Å². The Bertz CT molecular complexity index is 872. The normalized spacial score (nSPS) is 18.8. The quantitative estimate of drug-likeness (QED) is 0.890. The van der Waals surface area contributed by atoms with Crippen molar-refractivity contribution in [3.8, 4) is 0 Å². The summed E-state index contributed by atoms with van der Waals surface area (Å²) in [5.41, 5.74) is 1.48. The first-order valence-electron chi connectivity index (χ1n) is 6.91. The Labute approximate surface area is 133 Å². The molecule has 0 aliphatic carbocycles. The van der Waals surface area contributed by atoms with Crippen LogP contribution in [0.4, 0.5) is 10.1 Å². The molecular weight excluding hydrogens is 321 g/mol. The number of aryl methyl sites for hydroxylation is 1. The summed E-state index contributed by atoms with van der Waals surface area (Å²) < 4.78 is 39.8. The van der Waals surface area contributed by atoms with Crippen LogP contribution in [-0.2, 0) is 14.8 Å². The first-order valence-corrected chi connectivity index (χ1v) is 8.52. The fourth-order valence-corrected chi connectivity index (χ4v) is 3.23. The Morgan fingerprint density at radius 1 is 1.35 bits per heavy atom. The third kappa shape index (κ3) is 3.31. The number of rotatable bonds is 2. The second-order valence-electron chi connectivity index (χ2n) is 5.26. The van der Waals surface area contributed by atoms with E-state index in [9.17, 15) is 17.6 Å². The Kier molecular flexibility index (Phi) is 3.77.